The highest BCUT2D eigenvalue weighted by Crippen LogP contribution is 2.07. The Hall–Kier alpha value is -2.18. The van der Waals surface area contributed by atoms with Gasteiger partial charge < -0.3 is 5.11 Å². The second-order valence-electron chi connectivity index (χ2n) is 3.48. The van der Waals surface area contributed by atoms with Crippen molar-refractivity contribution in [1.29, 1.82) is 0 Å². The molecule has 0 fully saturated rings. The summed E-state index contributed by atoms with van der Waals surface area (Å²) in [7, 11) is 1.67. The molecule has 0 aliphatic heterocycles. The van der Waals surface area contributed by atoms with Crippen LogP contribution in [0.5, 0.6) is 0 Å². The number of hydrogen-bond acceptors (Lipinski definition) is 4. The van der Waals surface area contributed by atoms with Crippen LogP contribution in [0.4, 0.5) is 0 Å². The summed E-state index contributed by atoms with van der Waals surface area (Å²) in [6.45, 7) is 1.42. The van der Waals surface area contributed by atoms with Crippen LogP contribution in [0.3, 0.4) is 0 Å². The number of carbonyl (C=O) groups is 1. The van der Waals surface area contributed by atoms with E-state index in [4.69, 9.17) is 5.11 Å². The lowest BCUT2D eigenvalue weighted by molar-refractivity contribution is -0.140. The summed E-state index contributed by atoms with van der Waals surface area (Å²) in [5.41, 5.74) is 0.0480. The second-order valence-corrected chi connectivity index (χ2v) is 3.48. The van der Waals surface area contributed by atoms with Crippen LogP contribution in [-0.2, 0) is 11.8 Å². The van der Waals surface area contributed by atoms with Crippen molar-refractivity contribution in [3.05, 3.63) is 22.9 Å². The maximum Gasteiger partial charge on any atom is 0.326 e. The number of rotatable bonds is 2. The van der Waals surface area contributed by atoms with Crippen LogP contribution in [-0.4, -0.2) is 30.4 Å². The predicted molar refractivity (Wildman–Crippen MR) is 55.1 cm³/mol. The lowest BCUT2D eigenvalue weighted by Crippen LogP contribution is -2.28. The van der Waals surface area contributed by atoms with Gasteiger partial charge in [0.15, 0.2) is 5.65 Å². The SMILES string of the molecule is CC(C(=O)O)n1cnc2c(cnn2C)c1=O. The van der Waals surface area contributed by atoms with Crippen molar-refractivity contribution in [2.45, 2.75) is 13.0 Å². The van der Waals surface area contributed by atoms with Crippen LogP contribution >= 0.6 is 0 Å². The first-order valence-electron chi connectivity index (χ1n) is 4.64. The van der Waals surface area contributed by atoms with Gasteiger partial charge in [-0.1, -0.05) is 0 Å². The van der Waals surface area contributed by atoms with Gasteiger partial charge in [-0.15, -0.1) is 0 Å². The van der Waals surface area contributed by atoms with Crippen molar-refractivity contribution < 1.29 is 9.90 Å². The van der Waals surface area contributed by atoms with E-state index in [1.807, 2.05) is 0 Å². The van der Waals surface area contributed by atoms with Crippen molar-refractivity contribution in [2.75, 3.05) is 0 Å². The molecule has 0 saturated carbocycles. The monoisotopic (exact) mass is 222 g/mol. The Balaban J connectivity index is 2.71. The zero-order valence-corrected chi connectivity index (χ0v) is 8.78. The normalized spacial score (nSPS) is 12.9. The molecular formula is C9H10N4O3. The maximum absolute atomic E-state index is 11.9. The van der Waals surface area contributed by atoms with E-state index in [9.17, 15) is 9.59 Å². The maximum atomic E-state index is 11.9. The van der Waals surface area contributed by atoms with Crippen molar-refractivity contribution in [3.63, 3.8) is 0 Å². The minimum atomic E-state index is -1.08. The van der Waals surface area contributed by atoms with Gasteiger partial charge in [0.1, 0.15) is 17.8 Å². The first kappa shape index (κ1) is 10.3. The minimum absolute atomic E-state index is 0.318. The molecule has 0 aliphatic carbocycles. The molecule has 0 radical (unpaired) electrons. The van der Waals surface area contributed by atoms with E-state index in [2.05, 4.69) is 10.1 Å². The van der Waals surface area contributed by atoms with Gasteiger partial charge >= 0.3 is 5.97 Å². The van der Waals surface area contributed by atoms with Gasteiger partial charge in [0, 0.05) is 7.05 Å². The molecule has 2 rings (SSSR count). The Labute approximate surface area is 89.9 Å². The molecule has 2 aromatic heterocycles. The van der Waals surface area contributed by atoms with Crippen molar-refractivity contribution in [1.82, 2.24) is 19.3 Å². The molecule has 7 heteroatoms. The number of carboxylic acids is 1. The second kappa shape index (κ2) is 3.44. The molecule has 16 heavy (non-hydrogen) atoms. The highest BCUT2D eigenvalue weighted by atomic mass is 16.4. The van der Waals surface area contributed by atoms with Gasteiger partial charge in [-0.3, -0.25) is 14.0 Å². The van der Waals surface area contributed by atoms with Crippen molar-refractivity contribution in [3.8, 4) is 0 Å². The van der Waals surface area contributed by atoms with E-state index in [0.717, 1.165) is 4.57 Å². The fourth-order valence-corrected chi connectivity index (χ4v) is 1.44. The average Bonchev–Trinajstić information content (AvgIpc) is 2.61. The summed E-state index contributed by atoms with van der Waals surface area (Å²) < 4.78 is 2.54. The summed E-state index contributed by atoms with van der Waals surface area (Å²) in [5, 5.41) is 13.0. The van der Waals surface area contributed by atoms with Crippen LogP contribution in [0, 0.1) is 0 Å². The lowest BCUT2D eigenvalue weighted by atomic mass is 10.3. The fraction of sp³-hybridized carbons (Fsp3) is 0.333. The number of aryl methyl sites for hydroxylation is 1. The molecule has 0 aromatic carbocycles. The summed E-state index contributed by atoms with van der Waals surface area (Å²) >= 11 is 0. The molecule has 2 aromatic rings. The summed E-state index contributed by atoms with van der Waals surface area (Å²) in [4.78, 5) is 26.7. The largest absolute Gasteiger partial charge is 0.480 e. The molecule has 1 unspecified atom stereocenters. The third-order valence-electron chi connectivity index (χ3n) is 2.45. The van der Waals surface area contributed by atoms with Gasteiger partial charge in [0.05, 0.1) is 6.20 Å². The van der Waals surface area contributed by atoms with Gasteiger partial charge in [-0.05, 0) is 6.92 Å². The molecule has 1 N–H and O–H groups in total. The Kier molecular flexibility index (Phi) is 2.22. The summed E-state index contributed by atoms with van der Waals surface area (Å²) in [6, 6.07) is -0.940. The summed E-state index contributed by atoms with van der Waals surface area (Å²) in [5.74, 6) is -1.08. The average molecular weight is 222 g/mol. The summed E-state index contributed by atoms with van der Waals surface area (Å²) in [6.07, 6.45) is 2.61. The highest BCUT2D eigenvalue weighted by Gasteiger charge is 2.17. The number of aliphatic carboxylic acids is 1. The van der Waals surface area contributed by atoms with E-state index in [1.54, 1.807) is 7.05 Å². The van der Waals surface area contributed by atoms with Crippen LogP contribution in [0.15, 0.2) is 17.3 Å². The number of carboxylic acid groups (broad SMARTS) is 1. The first-order valence-corrected chi connectivity index (χ1v) is 4.64. The van der Waals surface area contributed by atoms with Crippen LogP contribution in [0.25, 0.3) is 11.0 Å². The van der Waals surface area contributed by atoms with Gasteiger partial charge in [-0.2, -0.15) is 5.10 Å². The molecule has 0 spiro atoms. The molecule has 7 nitrogen and oxygen atoms in total. The molecule has 0 aliphatic rings. The molecular weight excluding hydrogens is 212 g/mol. The van der Waals surface area contributed by atoms with E-state index in [-0.39, 0.29) is 0 Å². The molecule has 1 atom stereocenters. The minimum Gasteiger partial charge on any atom is -0.480 e. The Morgan fingerprint density at radius 1 is 1.56 bits per heavy atom. The van der Waals surface area contributed by atoms with Crippen molar-refractivity contribution in [2.24, 2.45) is 7.05 Å². The van der Waals surface area contributed by atoms with Crippen LogP contribution in [0.2, 0.25) is 0 Å². The highest BCUT2D eigenvalue weighted by molar-refractivity contribution is 5.75. The Bertz CT molecular complexity index is 613. The smallest absolute Gasteiger partial charge is 0.326 e. The Morgan fingerprint density at radius 2 is 2.25 bits per heavy atom. The molecule has 84 valence electrons. The van der Waals surface area contributed by atoms with E-state index in [1.165, 1.54) is 24.1 Å². The van der Waals surface area contributed by atoms with E-state index in [0.29, 0.717) is 11.0 Å². The molecule has 2 heterocycles. The lowest BCUT2D eigenvalue weighted by Gasteiger charge is -2.09. The zero-order valence-electron chi connectivity index (χ0n) is 8.78. The third kappa shape index (κ3) is 1.37. The van der Waals surface area contributed by atoms with Crippen LogP contribution in [0.1, 0.15) is 13.0 Å². The van der Waals surface area contributed by atoms with Gasteiger partial charge in [0.25, 0.3) is 5.56 Å². The number of hydrogen-bond donors (Lipinski definition) is 1. The topological polar surface area (TPSA) is 90.0 Å². The Morgan fingerprint density at radius 3 is 2.88 bits per heavy atom. The molecule has 0 bridgehead atoms. The number of fused-ring (bicyclic) bond motifs is 1. The third-order valence-corrected chi connectivity index (χ3v) is 2.45. The van der Waals surface area contributed by atoms with Crippen molar-refractivity contribution >= 4 is 17.0 Å². The standard InChI is InChI=1S/C9H10N4O3/c1-5(9(15)16)13-4-10-7-6(8(13)14)3-11-12(7)2/h3-5H,1-2H3,(H,15,16). The number of aromatic nitrogens is 4. The molecule has 0 amide bonds. The van der Waals surface area contributed by atoms with Gasteiger partial charge in [0.2, 0.25) is 0 Å². The quantitative estimate of drug-likeness (QED) is 0.758. The fourth-order valence-electron chi connectivity index (χ4n) is 1.44. The van der Waals surface area contributed by atoms with E-state index < -0.39 is 17.6 Å². The van der Waals surface area contributed by atoms with E-state index >= 15 is 0 Å². The first-order chi connectivity index (χ1) is 7.52. The predicted octanol–water partition coefficient (Wildman–Crippen LogP) is -0.224. The molecule has 0 saturated heterocycles. The van der Waals surface area contributed by atoms with Crippen LogP contribution < -0.4 is 5.56 Å². The van der Waals surface area contributed by atoms with Gasteiger partial charge in [-0.25, -0.2) is 9.78 Å². The zero-order chi connectivity index (χ0) is 11.9. The number of nitrogens with zero attached hydrogens (tertiary/aromatic N) is 4.